The van der Waals surface area contributed by atoms with Crippen LogP contribution in [0.25, 0.3) is 0 Å². The summed E-state index contributed by atoms with van der Waals surface area (Å²) in [5.74, 6) is 6.48. The fraction of sp³-hybridized carbons (Fsp3) is 0.909. The monoisotopic (exact) mass is 210 g/mol. The first kappa shape index (κ1) is 10.7. The molecule has 2 aliphatic rings. The molecule has 3 N–H and O–H groups in total. The molecule has 1 unspecified atom stereocenters. The third-order valence-electron chi connectivity index (χ3n) is 3.58. The molecule has 2 rings (SSSR count). The van der Waals surface area contributed by atoms with E-state index in [0.29, 0.717) is 12.1 Å². The first-order valence-electron chi connectivity index (χ1n) is 6.12. The van der Waals surface area contributed by atoms with Gasteiger partial charge in [-0.15, -0.1) is 0 Å². The van der Waals surface area contributed by atoms with Crippen molar-refractivity contribution in [1.82, 2.24) is 10.3 Å². The van der Waals surface area contributed by atoms with Crippen LogP contribution in [-0.2, 0) is 0 Å². The third kappa shape index (κ3) is 2.43. The van der Waals surface area contributed by atoms with Gasteiger partial charge in [0.2, 0.25) is 5.96 Å². The van der Waals surface area contributed by atoms with E-state index in [1.54, 1.807) is 0 Å². The molecule has 1 aliphatic heterocycles. The minimum absolute atomic E-state index is 0.504. The second kappa shape index (κ2) is 4.84. The number of hydrogen-bond donors (Lipinski definition) is 2. The van der Waals surface area contributed by atoms with Gasteiger partial charge in [0.1, 0.15) is 0 Å². The van der Waals surface area contributed by atoms with E-state index in [-0.39, 0.29) is 0 Å². The summed E-state index contributed by atoms with van der Waals surface area (Å²) in [5, 5.41) is 0. The van der Waals surface area contributed by atoms with Crippen LogP contribution in [0, 0.1) is 0 Å². The molecule has 86 valence electrons. The molecule has 0 aromatic carbocycles. The topological polar surface area (TPSA) is 53.6 Å². The average Bonchev–Trinajstić information content (AvgIpc) is 2.85. The van der Waals surface area contributed by atoms with Crippen LogP contribution in [0.5, 0.6) is 0 Å². The number of aliphatic imine (C=N–C) groups is 1. The van der Waals surface area contributed by atoms with Crippen molar-refractivity contribution in [2.45, 2.75) is 57.5 Å². The summed E-state index contributed by atoms with van der Waals surface area (Å²) < 4.78 is 0. The lowest BCUT2D eigenvalue weighted by atomic mass is 10.2. The molecule has 1 aliphatic carbocycles. The summed E-state index contributed by atoms with van der Waals surface area (Å²) in [5.41, 5.74) is 2.78. The van der Waals surface area contributed by atoms with Gasteiger partial charge in [0.15, 0.2) is 0 Å². The Kier molecular flexibility index (Phi) is 3.46. The molecule has 2 fully saturated rings. The molecule has 1 atom stereocenters. The molecule has 0 aromatic rings. The minimum atomic E-state index is 0.504. The van der Waals surface area contributed by atoms with Crippen molar-refractivity contribution in [2.24, 2.45) is 10.8 Å². The van der Waals surface area contributed by atoms with Gasteiger partial charge in [-0.25, -0.2) is 10.8 Å². The lowest BCUT2D eigenvalue weighted by Gasteiger charge is -2.25. The van der Waals surface area contributed by atoms with Crippen LogP contribution in [0.2, 0.25) is 0 Å². The zero-order chi connectivity index (χ0) is 10.7. The van der Waals surface area contributed by atoms with Gasteiger partial charge < -0.3 is 4.90 Å². The number of guanidine groups is 1. The van der Waals surface area contributed by atoms with Gasteiger partial charge in [-0.3, -0.25) is 5.43 Å². The largest absolute Gasteiger partial charge is 0.339 e. The molecule has 1 saturated carbocycles. The number of nitrogens with two attached hydrogens (primary N) is 1. The highest BCUT2D eigenvalue weighted by Gasteiger charge is 2.24. The Morgan fingerprint density at radius 3 is 2.53 bits per heavy atom. The Morgan fingerprint density at radius 2 is 2.00 bits per heavy atom. The van der Waals surface area contributed by atoms with E-state index in [0.717, 1.165) is 12.5 Å². The van der Waals surface area contributed by atoms with E-state index in [1.807, 2.05) is 0 Å². The maximum atomic E-state index is 5.57. The van der Waals surface area contributed by atoms with Crippen molar-refractivity contribution < 1.29 is 0 Å². The van der Waals surface area contributed by atoms with E-state index in [1.165, 1.54) is 38.5 Å². The number of hydrogen-bond acceptors (Lipinski definition) is 2. The number of nitrogens with one attached hydrogen (secondary N) is 1. The maximum Gasteiger partial charge on any atom is 0.208 e. The van der Waals surface area contributed by atoms with Crippen LogP contribution < -0.4 is 11.3 Å². The van der Waals surface area contributed by atoms with Crippen LogP contribution in [0.1, 0.15) is 45.4 Å². The standard InChI is InChI=1S/C11H22N4/c1-9-5-4-8-15(9)11(14-12)13-10-6-2-3-7-10/h9-10H,2-8,12H2,1H3,(H,13,14). The predicted molar refractivity (Wildman–Crippen MR) is 62.4 cm³/mol. The number of hydrazine groups is 1. The van der Waals surface area contributed by atoms with Crippen LogP contribution in [0.15, 0.2) is 4.99 Å². The lowest BCUT2D eigenvalue weighted by molar-refractivity contribution is 0.395. The Morgan fingerprint density at radius 1 is 1.27 bits per heavy atom. The maximum absolute atomic E-state index is 5.57. The molecule has 1 saturated heterocycles. The second-order valence-electron chi connectivity index (χ2n) is 4.72. The second-order valence-corrected chi connectivity index (χ2v) is 4.72. The SMILES string of the molecule is CC1CCCN1C(=NC1CCCC1)NN. The van der Waals surface area contributed by atoms with Gasteiger partial charge in [0.05, 0.1) is 6.04 Å². The molecule has 1 heterocycles. The Balaban J connectivity index is 2.01. The number of likely N-dealkylation sites (tertiary alicyclic amines) is 1. The first-order chi connectivity index (χ1) is 7.31. The van der Waals surface area contributed by atoms with Crippen LogP contribution in [-0.4, -0.2) is 29.5 Å². The van der Waals surface area contributed by atoms with Gasteiger partial charge in [-0.05, 0) is 32.6 Å². The van der Waals surface area contributed by atoms with Gasteiger partial charge in [0, 0.05) is 12.6 Å². The molecule has 15 heavy (non-hydrogen) atoms. The van der Waals surface area contributed by atoms with Gasteiger partial charge in [-0.2, -0.15) is 0 Å². The first-order valence-corrected chi connectivity index (χ1v) is 6.12. The molecule has 0 amide bonds. The fourth-order valence-corrected chi connectivity index (χ4v) is 2.65. The quantitative estimate of drug-likeness (QED) is 0.296. The smallest absolute Gasteiger partial charge is 0.208 e. The number of rotatable bonds is 1. The van der Waals surface area contributed by atoms with Crippen LogP contribution in [0.4, 0.5) is 0 Å². The molecule has 4 nitrogen and oxygen atoms in total. The summed E-state index contributed by atoms with van der Waals surface area (Å²) in [6.07, 6.45) is 7.61. The molecular formula is C11H22N4. The zero-order valence-corrected chi connectivity index (χ0v) is 9.58. The normalized spacial score (nSPS) is 28.8. The molecular weight excluding hydrogens is 188 g/mol. The lowest BCUT2D eigenvalue weighted by Crippen LogP contribution is -2.46. The molecule has 0 spiro atoms. The van der Waals surface area contributed by atoms with E-state index in [4.69, 9.17) is 10.8 Å². The van der Waals surface area contributed by atoms with Gasteiger partial charge in [0.25, 0.3) is 0 Å². The van der Waals surface area contributed by atoms with E-state index in [9.17, 15) is 0 Å². The van der Waals surface area contributed by atoms with Crippen molar-refractivity contribution in [1.29, 1.82) is 0 Å². The van der Waals surface area contributed by atoms with E-state index < -0.39 is 0 Å². The van der Waals surface area contributed by atoms with Crippen molar-refractivity contribution in [3.8, 4) is 0 Å². The summed E-state index contributed by atoms with van der Waals surface area (Å²) in [6, 6.07) is 1.09. The third-order valence-corrected chi connectivity index (χ3v) is 3.58. The van der Waals surface area contributed by atoms with E-state index in [2.05, 4.69) is 17.2 Å². The summed E-state index contributed by atoms with van der Waals surface area (Å²) >= 11 is 0. The highest BCUT2D eigenvalue weighted by molar-refractivity contribution is 5.80. The van der Waals surface area contributed by atoms with Crippen LogP contribution in [0.3, 0.4) is 0 Å². The Bertz CT molecular complexity index is 233. The Hall–Kier alpha value is -0.770. The highest BCUT2D eigenvalue weighted by atomic mass is 15.4. The van der Waals surface area contributed by atoms with Crippen molar-refractivity contribution in [3.05, 3.63) is 0 Å². The molecule has 0 aromatic heterocycles. The van der Waals surface area contributed by atoms with Crippen molar-refractivity contribution in [2.75, 3.05) is 6.54 Å². The summed E-state index contributed by atoms with van der Waals surface area (Å²) in [6.45, 7) is 3.34. The van der Waals surface area contributed by atoms with Gasteiger partial charge >= 0.3 is 0 Å². The molecule has 4 heteroatoms. The summed E-state index contributed by atoms with van der Waals surface area (Å²) in [4.78, 5) is 7.04. The highest BCUT2D eigenvalue weighted by Crippen LogP contribution is 2.22. The summed E-state index contributed by atoms with van der Waals surface area (Å²) in [7, 11) is 0. The Labute approximate surface area is 91.9 Å². The van der Waals surface area contributed by atoms with Gasteiger partial charge in [-0.1, -0.05) is 12.8 Å². The van der Waals surface area contributed by atoms with E-state index >= 15 is 0 Å². The number of nitrogens with zero attached hydrogens (tertiary/aromatic N) is 2. The zero-order valence-electron chi connectivity index (χ0n) is 9.58. The fourth-order valence-electron chi connectivity index (χ4n) is 2.65. The van der Waals surface area contributed by atoms with Crippen LogP contribution >= 0.6 is 0 Å². The van der Waals surface area contributed by atoms with Crippen molar-refractivity contribution >= 4 is 5.96 Å². The predicted octanol–water partition coefficient (Wildman–Crippen LogP) is 1.23. The molecule has 0 radical (unpaired) electrons. The molecule has 0 bridgehead atoms. The average molecular weight is 210 g/mol. The van der Waals surface area contributed by atoms with Crippen molar-refractivity contribution in [3.63, 3.8) is 0 Å². The minimum Gasteiger partial charge on any atom is -0.339 e.